The zero-order valence-electron chi connectivity index (χ0n) is 8.11. The number of pyridine rings is 1. The van der Waals surface area contributed by atoms with Gasteiger partial charge in [-0.2, -0.15) is 0 Å². The lowest BCUT2D eigenvalue weighted by Crippen LogP contribution is -1.80. The molecule has 0 aliphatic heterocycles. The van der Waals surface area contributed by atoms with Gasteiger partial charge in [0.2, 0.25) is 0 Å². The fourth-order valence-corrected chi connectivity index (χ4v) is 1.72. The Morgan fingerprint density at radius 3 is 2.69 bits per heavy atom. The molecule has 80 valence electrons. The number of hydrogen-bond acceptors (Lipinski definition) is 5. The molecule has 0 aliphatic carbocycles. The van der Waals surface area contributed by atoms with Crippen LogP contribution in [-0.4, -0.2) is 14.9 Å². The summed E-state index contributed by atoms with van der Waals surface area (Å²) >= 11 is 1.05. The van der Waals surface area contributed by atoms with Crippen molar-refractivity contribution < 1.29 is 4.92 Å². The van der Waals surface area contributed by atoms with Crippen molar-refractivity contribution in [2.24, 2.45) is 0 Å². The highest BCUT2D eigenvalue weighted by atomic mass is 32.1. The SMILES string of the molecule is O=[N+]([O-])c1cnc(C=Cc2ccncc2)s1. The van der Waals surface area contributed by atoms with E-state index >= 15 is 0 Å². The van der Waals surface area contributed by atoms with Crippen LogP contribution in [-0.2, 0) is 0 Å². The Morgan fingerprint density at radius 2 is 2.06 bits per heavy atom. The number of aromatic nitrogens is 2. The van der Waals surface area contributed by atoms with Gasteiger partial charge in [0.1, 0.15) is 11.2 Å². The average molecular weight is 233 g/mol. The van der Waals surface area contributed by atoms with Crippen molar-refractivity contribution in [1.29, 1.82) is 0 Å². The average Bonchev–Trinajstić information content (AvgIpc) is 2.76. The molecule has 0 amide bonds. The molecule has 0 saturated carbocycles. The van der Waals surface area contributed by atoms with E-state index in [0.717, 1.165) is 16.9 Å². The highest BCUT2D eigenvalue weighted by molar-refractivity contribution is 7.15. The Hall–Kier alpha value is -2.08. The molecule has 0 bridgehead atoms. The molecule has 0 radical (unpaired) electrons. The maximum Gasteiger partial charge on any atom is 0.344 e. The second kappa shape index (κ2) is 4.63. The van der Waals surface area contributed by atoms with Gasteiger partial charge in [0.25, 0.3) is 0 Å². The second-order valence-electron chi connectivity index (χ2n) is 2.91. The lowest BCUT2D eigenvalue weighted by Gasteiger charge is -1.88. The van der Waals surface area contributed by atoms with Gasteiger partial charge >= 0.3 is 5.00 Å². The van der Waals surface area contributed by atoms with Crippen molar-refractivity contribution in [3.05, 3.63) is 51.4 Å². The highest BCUT2D eigenvalue weighted by Crippen LogP contribution is 2.22. The molecule has 0 atom stereocenters. The first-order valence-electron chi connectivity index (χ1n) is 4.44. The van der Waals surface area contributed by atoms with Crippen molar-refractivity contribution in [2.45, 2.75) is 0 Å². The molecule has 5 nitrogen and oxygen atoms in total. The maximum absolute atomic E-state index is 10.4. The van der Waals surface area contributed by atoms with Crippen LogP contribution in [0.25, 0.3) is 12.2 Å². The van der Waals surface area contributed by atoms with Crippen molar-refractivity contribution in [3.8, 4) is 0 Å². The predicted molar refractivity (Wildman–Crippen MR) is 61.9 cm³/mol. The third-order valence-electron chi connectivity index (χ3n) is 1.82. The lowest BCUT2D eigenvalue weighted by atomic mass is 10.2. The number of nitrogens with zero attached hydrogens (tertiary/aromatic N) is 3. The monoisotopic (exact) mass is 233 g/mol. The highest BCUT2D eigenvalue weighted by Gasteiger charge is 2.08. The minimum Gasteiger partial charge on any atom is -0.265 e. The summed E-state index contributed by atoms with van der Waals surface area (Å²) in [5.74, 6) is 0. The largest absolute Gasteiger partial charge is 0.344 e. The quantitative estimate of drug-likeness (QED) is 0.603. The van der Waals surface area contributed by atoms with E-state index in [2.05, 4.69) is 9.97 Å². The summed E-state index contributed by atoms with van der Waals surface area (Å²) in [6.45, 7) is 0. The van der Waals surface area contributed by atoms with E-state index in [0.29, 0.717) is 5.01 Å². The van der Waals surface area contributed by atoms with E-state index in [1.165, 1.54) is 6.20 Å². The van der Waals surface area contributed by atoms with Crippen molar-refractivity contribution in [2.75, 3.05) is 0 Å². The normalized spacial score (nSPS) is 10.8. The van der Waals surface area contributed by atoms with Crippen LogP contribution < -0.4 is 0 Å². The fourth-order valence-electron chi connectivity index (χ4n) is 1.08. The molecule has 0 N–H and O–H groups in total. The lowest BCUT2D eigenvalue weighted by molar-refractivity contribution is -0.380. The smallest absolute Gasteiger partial charge is 0.265 e. The Labute approximate surface area is 95.3 Å². The first kappa shape index (κ1) is 10.4. The first-order chi connectivity index (χ1) is 7.75. The van der Waals surface area contributed by atoms with Crippen molar-refractivity contribution in [1.82, 2.24) is 9.97 Å². The minimum absolute atomic E-state index is 0.0504. The van der Waals surface area contributed by atoms with Crippen LogP contribution in [0.3, 0.4) is 0 Å². The molecular weight excluding hydrogens is 226 g/mol. The van der Waals surface area contributed by atoms with Gasteiger partial charge in [0.05, 0.1) is 4.92 Å². The van der Waals surface area contributed by atoms with Crippen LogP contribution in [0, 0.1) is 10.1 Å². The zero-order valence-corrected chi connectivity index (χ0v) is 8.92. The van der Waals surface area contributed by atoms with Gasteiger partial charge < -0.3 is 0 Å². The van der Waals surface area contributed by atoms with Crippen molar-refractivity contribution in [3.63, 3.8) is 0 Å². The van der Waals surface area contributed by atoms with E-state index in [-0.39, 0.29) is 5.00 Å². The molecule has 6 heteroatoms. The maximum atomic E-state index is 10.4. The van der Waals surface area contributed by atoms with E-state index in [1.54, 1.807) is 18.5 Å². The van der Waals surface area contributed by atoms with Crippen LogP contribution in [0.5, 0.6) is 0 Å². The number of thiazole rings is 1. The van der Waals surface area contributed by atoms with Gasteiger partial charge in [-0.25, -0.2) is 4.98 Å². The second-order valence-corrected chi connectivity index (χ2v) is 3.95. The summed E-state index contributed by atoms with van der Waals surface area (Å²) in [6.07, 6.45) is 8.21. The molecule has 0 saturated heterocycles. The molecule has 2 heterocycles. The first-order valence-corrected chi connectivity index (χ1v) is 5.26. The van der Waals surface area contributed by atoms with Gasteiger partial charge in [-0.05, 0) is 35.1 Å². The molecule has 0 unspecified atom stereocenters. The van der Waals surface area contributed by atoms with Crippen LogP contribution in [0.4, 0.5) is 5.00 Å². The zero-order chi connectivity index (χ0) is 11.4. The Balaban J connectivity index is 2.15. The van der Waals surface area contributed by atoms with E-state index in [4.69, 9.17) is 0 Å². The Kier molecular flexibility index (Phi) is 3.02. The van der Waals surface area contributed by atoms with E-state index < -0.39 is 4.92 Å². The van der Waals surface area contributed by atoms with Crippen LogP contribution in [0.2, 0.25) is 0 Å². The van der Waals surface area contributed by atoms with Gasteiger partial charge in [-0.15, -0.1) is 0 Å². The molecule has 2 aromatic heterocycles. The van der Waals surface area contributed by atoms with E-state index in [9.17, 15) is 10.1 Å². The summed E-state index contributed by atoms with van der Waals surface area (Å²) < 4.78 is 0. The summed E-state index contributed by atoms with van der Waals surface area (Å²) in [4.78, 5) is 17.8. The molecule has 0 aliphatic rings. The van der Waals surface area contributed by atoms with Gasteiger partial charge in [-0.1, -0.05) is 6.08 Å². The standard InChI is InChI=1S/C10H7N3O2S/c14-13(15)10-7-12-9(16-10)2-1-8-3-5-11-6-4-8/h1-7H. The fraction of sp³-hybridized carbons (Fsp3) is 0. The molecule has 2 rings (SSSR count). The minimum atomic E-state index is -0.443. The molecule has 16 heavy (non-hydrogen) atoms. The molecule has 2 aromatic rings. The topological polar surface area (TPSA) is 68.9 Å². The van der Waals surface area contributed by atoms with Crippen LogP contribution >= 0.6 is 11.3 Å². The van der Waals surface area contributed by atoms with Gasteiger partial charge in [-0.3, -0.25) is 15.1 Å². The summed E-state index contributed by atoms with van der Waals surface area (Å²) in [7, 11) is 0. The predicted octanol–water partition coefficient (Wildman–Crippen LogP) is 2.62. The summed E-state index contributed by atoms with van der Waals surface area (Å²) in [6, 6.07) is 3.69. The summed E-state index contributed by atoms with van der Waals surface area (Å²) in [5, 5.41) is 11.1. The van der Waals surface area contributed by atoms with Gasteiger partial charge in [0, 0.05) is 12.4 Å². The summed E-state index contributed by atoms with van der Waals surface area (Å²) in [5.41, 5.74) is 0.979. The molecule has 0 aromatic carbocycles. The Morgan fingerprint density at radius 1 is 1.31 bits per heavy atom. The number of nitro groups is 1. The third-order valence-corrected chi connectivity index (χ3v) is 2.73. The van der Waals surface area contributed by atoms with Crippen molar-refractivity contribution >= 4 is 28.5 Å². The van der Waals surface area contributed by atoms with Crippen LogP contribution in [0.15, 0.2) is 30.7 Å². The molecule has 0 spiro atoms. The Bertz CT molecular complexity index is 522. The molecule has 0 fully saturated rings. The third kappa shape index (κ3) is 2.48. The van der Waals surface area contributed by atoms with E-state index in [1.807, 2.05) is 18.2 Å². The number of rotatable bonds is 3. The molecular formula is C10H7N3O2S. The van der Waals surface area contributed by atoms with Gasteiger partial charge in [0.15, 0.2) is 0 Å². The van der Waals surface area contributed by atoms with Crippen LogP contribution in [0.1, 0.15) is 10.6 Å². The number of hydrogen-bond donors (Lipinski definition) is 0.